The maximum absolute atomic E-state index is 13.2. The number of halogens is 2. The molecular weight excluding hydrogens is 451 g/mol. The third-order valence-electron chi connectivity index (χ3n) is 5.12. The van der Waals surface area contributed by atoms with Crippen LogP contribution in [0.4, 0.5) is 10.1 Å². The first kappa shape index (κ1) is 23.8. The van der Waals surface area contributed by atoms with Crippen LogP contribution in [0.1, 0.15) is 29.3 Å². The van der Waals surface area contributed by atoms with Gasteiger partial charge in [-0.3, -0.25) is 9.10 Å². The van der Waals surface area contributed by atoms with Gasteiger partial charge in [-0.15, -0.1) is 0 Å². The molecule has 3 rings (SSSR count). The van der Waals surface area contributed by atoms with Crippen LogP contribution in [0, 0.1) is 5.82 Å². The number of nitrogens with one attached hydrogen (secondary N) is 1. The Kier molecular flexibility index (Phi) is 7.53. The van der Waals surface area contributed by atoms with Crippen molar-refractivity contribution >= 4 is 33.2 Å². The van der Waals surface area contributed by atoms with E-state index in [4.69, 9.17) is 11.6 Å². The van der Waals surface area contributed by atoms with Crippen LogP contribution in [0.5, 0.6) is 0 Å². The fourth-order valence-electron chi connectivity index (χ4n) is 3.19. The highest BCUT2D eigenvalue weighted by molar-refractivity contribution is 7.92. The summed E-state index contributed by atoms with van der Waals surface area (Å²) in [5, 5.41) is 3.03. The third-order valence-corrected chi connectivity index (χ3v) is 7.23. The molecule has 0 heterocycles. The normalized spacial score (nSPS) is 12.2. The highest BCUT2D eigenvalue weighted by Crippen LogP contribution is 2.26. The van der Waals surface area contributed by atoms with Crippen molar-refractivity contribution in [2.24, 2.45) is 0 Å². The van der Waals surface area contributed by atoms with Crippen LogP contribution in [-0.4, -0.2) is 27.4 Å². The highest BCUT2D eigenvalue weighted by atomic mass is 35.5. The van der Waals surface area contributed by atoms with Crippen LogP contribution in [0.25, 0.3) is 0 Å². The van der Waals surface area contributed by atoms with Gasteiger partial charge in [0.05, 0.1) is 21.2 Å². The molecule has 0 saturated carbocycles. The van der Waals surface area contributed by atoms with Crippen LogP contribution in [0.15, 0.2) is 77.7 Å². The first-order valence-corrected chi connectivity index (χ1v) is 11.9. The van der Waals surface area contributed by atoms with Crippen molar-refractivity contribution in [2.45, 2.75) is 30.7 Å². The van der Waals surface area contributed by atoms with Crippen molar-refractivity contribution < 1.29 is 17.6 Å². The zero-order valence-electron chi connectivity index (χ0n) is 17.8. The number of carbonyl (C=O) groups is 1. The maximum Gasteiger partial charge on any atom is 0.264 e. The van der Waals surface area contributed by atoms with E-state index >= 15 is 0 Å². The van der Waals surface area contributed by atoms with E-state index in [0.717, 1.165) is 17.1 Å². The van der Waals surface area contributed by atoms with Crippen molar-refractivity contribution in [2.75, 3.05) is 11.4 Å². The number of nitrogens with zero attached hydrogens (tertiary/aromatic N) is 1. The lowest BCUT2D eigenvalue weighted by Gasteiger charge is -2.20. The largest absolute Gasteiger partial charge is 0.350 e. The second kappa shape index (κ2) is 10.1. The average molecular weight is 475 g/mol. The Bertz CT molecular complexity index is 1190. The van der Waals surface area contributed by atoms with Crippen LogP contribution in [-0.2, 0) is 16.4 Å². The van der Waals surface area contributed by atoms with Crippen molar-refractivity contribution in [1.29, 1.82) is 0 Å². The quantitative estimate of drug-likeness (QED) is 0.496. The Labute approximate surface area is 192 Å². The molecule has 0 aliphatic carbocycles. The molecule has 3 aromatic carbocycles. The summed E-state index contributed by atoms with van der Waals surface area (Å²) in [5.41, 5.74) is 1.54. The van der Waals surface area contributed by atoms with Crippen molar-refractivity contribution in [1.82, 2.24) is 5.32 Å². The number of anilines is 1. The molecule has 168 valence electrons. The number of hydrogen-bond donors (Lipinski definition) is 1. The number of hydrogen-bond acceptors (Lipinski definition) is 3. The standard InChI is InChI=1S/C24H24ClFN2O3S/c1-17(8-9-18-6-4-3-5-7-18)27-24(29)22-16-21(14-15-23(22)25)32(30,31)28(2)20-12-10-19(26)11-13-20/h3-7,10-17H,8-9H2,1-2H3,(H,27,29). The van der Waals surface area contributed by atoms with Gasteiger partial charge in [0.25, 0.3) is 15.9 Å². The fraction of sp³-hybridized carbons (Fsp3) is 0.208. The smallest absolute Gasteiger partial charge is 0.264 e. The molecule has 1 unspecified atom stereocenters. The monoisotopic (exact) mass is 474 g/mol. The zero-order chi connectivity index (χ0) is 23.3. The molecule has 1 amide bonds. The van der Waals surface area contributed by atoms with Crippen LogP contribution in [0.2, 0.25) is 5.02 Å². The Morgan fingerprint density at radius 2 is 1.72 bits per heavy atom. The van der Waals surface area contributed by atoms with E-state index in [-0.39, 0.29) is 21.5 Å². The van der Waals surface area contributed by atoms with Gasteiger partial charge >= 0.3 is 0 Å². The molecular formula is C24H24ClFN2O3S. The maximum atomic E-state index is 13.2. The average Bonchev–Trinajstić information content (AvgIpc) is 2.78. The molecule has 0 spiro atoms. The first-order valence-electron chi connectivity index (χ1n) is 10.1. The molecule has 0 aliphatic rings. The molecule has 5 nitrogen and oxygen atoms in total. The van der Waals surface area contributed by atoms with E-state index in [1.807, 2.05) is 37.3 Å². The lowest BCUT2D eigenvalue weighted by atomic mass is 10.1. The number of amides is 1. The lowest BCUT2D eigenvalue weighted by Crippen LogP contribution is -2.33. The summed E-state index contributed by atoms with van der Waals surface area (Å²) in [7, 11) is -2.62. The number of carbonyl (C=O) groups excluding carboxylic acids is 1. The summed E-state index contributed by atoms with van der Waals surface area (Å²) < 4.78 is 40.3. The summed E-state index contributed by atoms with van der Waals surface area (Å²) in [5.74, 6) is -0.913. The van der Waals surface area contributed by atoms with E-state index in [1.165, 1.54) is 55.1 Å². The van der Waals surface area contributed by atoms with Crippen LogP contribution in [0.3, 0.4) is 0 Å². The predicted molar refractivity (Wildman–Crippen MR) is 125 cm³/mol. The Balaban J connectivity index is 1.75. The molecule has 1 N–H and O–H groups in total. The zero-order valence-corrected chi connectivity index (χ0v) is 19.3. The van der Waals surface area contributed by atoms with Gasteiger partial charge in [-0.1, -0.05) is 41.9 Å². The molecule has 8 heteroatoms. The topological polar surface area (TPSA) is 66.5 Å². The lowest BCUT2D eigenvalue weighted by molar-refractivity contribution is 0.0938. The van der Waals surface area contributed by atoms with Gasteiger partial charge in [0.2, 0.25) is 0 Å². The predicted octanol–water partition coefficient (Wildman–Crippen LogP) is 5.06. The Hall–Kier alpha value is -2.90. The molecule has 0 radical (unpaired) electrons. The van der Waals surface area contributed by atoms with E-state index in [1.54, 1.807) is 0 Å². The second-order valence-electron chi connectivity index (χ2n) is 7.49. The van der Waals surface area contributed by atoms with Gasteiger partial charge in [0.1, 0.15) is 5.82 Å². The summed E-state index contributed by atoms with van der Waals surface area (Å²) in [6.07, 6.45) is 1.52. The van der Waals surface area contributed by atoms with Gasteiger partial charge in [-0.05, 0) is 67.8 Å². The first-order chi connectivity index (χ1) is 15.2. The number of rotatable bonds is 8. The van der Waals surface area contributed by atoms with E-state index in [2.05, 4.69) is 5.32 Å². The second-order valence-corrected chi connectivity index (χ2v) is 9.87. The van der Waals surface area contributed by atoms with Gasteiger partial charge in [0.15, 0.2) is 0 Å². The number of aryl methyl sites for hydroxylation is 1. The molecule has 0 fully saturated rings. The minimum atomic E-state index is -3.98. The summed E-state index contributed by atoms with van der Waals surface area (Å²) in [6.45, 7) is 1.89. The van der Waals surface area contributed by atoms with Crippen molar-refractivity contribution in [3.8, 4) is 0 Å². The Morgan fingerprint density at radius 3 is 2.38 bits per heavy atom. The third kappa shape index (κ3) is 5.66. The minimum Gasteiger partial charge on any atom is -0.350 e. The molecule has 0 saturated heterocycles. The van der Waals surface area contributed by atoms with Crippen LogP contribution >= 0.6 is 11.6 Å². The summed E-state index contributed by atoms with van der Waals surface area (Å²) in [4.78, 5) is 12.7. The fourth-order valence-corrected chi connectivity index (χ4v) is 4.61. The summed E-state index contributed by atoms with van der Waals surface area (Å²) in [6, 6.07) is 18.9. The molecule has 0 aromatic heterocycles. The highest BCUT2D eigenvalue weighted by Gasteiger charge is 2.24. The molecule has 0 bridgehead atoms. The molecule has 3 aromatic rings. The number of benzene rings is 3. The summed E-state index contributed by atoms with van der Waals surface area (Å²) >= 11 is 6.20. The molecule has 0 aliphatic heterocycles. The Morgan fingerprint density at radius 1 is 1.06 bits per heavy atom. The van der Waals surface area contributed by atoms with Crippen molar-refractivity contribution in [3.63, 3.8) is 0 Å². The van der Waals surface area contributed by atoms with Gasteiger partial charge in [0, 0.05) is 13.1 Å². The van der Waals surface area contributed by atoms with Crippen LogP contribution < -0.4 is 9.62 Å². The van der Waals surface area contributed by atoms with Gasteiger partial charge in [-0.2, -0.15) is 0 Å². The van der Waals surface area contributed by atoms with Crippen molar-refractivity contribution in [3.05, 3.63) is 94.8 Å². The van der Waals surface area contributed by atoms with E-state index in [9.17, 15) is 17.6 Å². The number of sulfonamides is 1. The van der Waals surface area contributed by atoms with Gasteiger partial charge in [-0.25, -0.2) is 12.8 Å². The molecule has 32 heavy (non-hydrogen) atoms. The minimum absolute atomic E-state index is 0.0757. The van der Waals surface area contributed by atoms with E-state index in [0.29, 0.717) is 5.69 Å². The molecule has 1 atom stereocenters. The van der Waals surface area contributed by atoms with E-state index < -0.39 is 21.7 Å². The van der Waals surface area contributed by atoms with Gasteiger partial charge < -0.3 is 5.32 Å². The SMILES string of the molecule is CC(CCc1ccccc1)NC(=O)c1cc(S(=O)(=O)N(C)c2ccc(F)cc2)ccc1Cl.